The lowest BCUT2D eigenvalue weighted by molar-refractivity contribution is 0.0311. The Labute approximate surface area is 140 Å². The summed E-state index contributed by atoms with van der Waals surface area (Å²) in [6.45, 7) is 6.06. The molecular formula is C18H21ClNO3+. The largest absolute Gasteiger partial charge is 0.522 e. The Kier molecular flexibility index (Phi) is 3.77. The van der Waals surface area contributed by atoms with Gasteiger partial charge in [-0.3, -0.25) is 0 Å². The van der Waals surface area contributed by atoms with Crippen LogP contribution in [-0.4, -0.2) is 29.3 Å². The van der Waals surface area contributed by atoms with Gasteiger partial charge in [0.05, 0.1) is 6.54 Å². The van der Waals surface area contributed by atoms with Crippen molar-refractivity contribution in [3.8, 4) is 5.75 Å². The third-order valence-electron chi connectivity index (χ3n) is 4.26. The smallest absolute Gasteiger partial charge is 0.507 e. The normalized spacial score (nSPS) is 20.5. The van der Waals surface area contributed by atoms with E-state index >= 15 is 0 Å². The maximum atomic E-state index is 12.8. The monoisotopic (exact) mass is 334 g/mol. The molecule has 5 heteroatoms. The molecule has 0 saturated heterocycles. The number of halogens is 1. The number of hydrogen-bond donors (Lipinski definition) is 1. The summed E-state index contributed by atoms with van der Waals surface area (Å²) in [4.78, 5) is 12.8. The van der Waals surface area contributed by atoms with E-state index in [2.05, 4.69) is 0 Å². The summed E-state index contributed by atoms with van der Waals surface area (Å²) in [5.41, 5.74) is 1.21. The number of phenolic OH excluding ortho intramolecular Hbond substituents is 1. The second-order valence-electron chi connectivity index (χ2n) is 6.98. The summed E-state index contributed by atoms with van der Waals surface area (Å²) >= 11 is 6.21. The van der Waals surface area contributed by atoms with Crippen LogP contribution in [0.2, 0.25) is 0 Å². The number of hydrogen-bond acceptors (Lipinski definition) is 3. The SMILES string of the molecule is CC(C)(C)OC(=O)[N@@+]1(CCl)CCc2c1cc(O)c1ccccc21. The second-order valence-corrected chi connectivity index (χ2v) is 7.22. The molecule has 0 unspecified atom stereocenters. The Hall–Kier alpha value is -1.78. The Morgan fingerprint density at radius 3 is 2.57 bits per heavy atom. The molecule has 122 valence electrons. The number of nitrogens with zero attached hydrogens (tertiary/aromatic N) is 1. The second kappa shape index (κ2) is 5.39. The van der Waals surface area contributed by atoms with Crippen LogP contribution in [0.3, 0.4) is 0 Å². The first-order valence-corrected chi connectivity index (χ1v) is 8.23. The van der Waals surface area contributed by atoms with Crippen molar-refractivity contribution < 1.29 is 14.6 Å². The van der Waals surface area contributed by atoms with Crippen molar-refractivity contribution in [1.82, 2.24) is 4.48 Å². The first-order chi connectivity index (χ1) is 10.8. The van der Waals surface area contributed by atoms with Gasteiger partial charge < -0.3 is 9.84 Å². The van der Waals surface area contributed by atoms with E-state index in [0.717, 1.165) is 28.4 Å². The van der Waals surface area contributed by atoms with Crippen LogP contribution in [0.4, 0.5) is 10.5 Å². The van der Waals surface area contributed by atoms with Crippen LogP contribution in [0.5, 0.6) is 5.75 Å². The van der Waals surface area contributed by atoms with E-state index in [1.165, 1.54) is 0 Å². The van der Waals surface area contributed by atoms with E-state index in [4.69, 9.17) is 16.3 Å². The van der Waals surface area contributed by atoms with Gasteiger partial charge >= 0.3 is 6.09 Å². The molecule has 1 aliphatic heterocycles. The fourth-order valence-electron chi connectivity index (χ4n) is 3.18. The maximum absolute atomic E-state index is 12.8. The molecular weight excluding hydrogens is 314 g/mol. The number of alkyl halides is 1. The highest BCUT2D eigenvalue weighted by Gasteiger charge is 2.48. The number of quaternary nitrogens is 1. The zero-order chi connectivity index (χ0) is 16.8. The number of ether oxygens (including phenoxy) is 1. The van der Waals surface area contributed by atoms with Crippen molar-refractivity contribution in [3.63, 3.8) is 0 Å². The number of benzene rings is 2. The summed E-state index contributed by atoms with van der Waals surface area (Å²) < 4.78 is 5.50. The minimum Gasteiger partial charge on any atom is -0.507 e. The molecule has 0 aromatic heterocycles. The van der Waals surface area contributed by atoms with Crippen LogP contribution >= 0.6 is 11.6 Å². The van der Waals surface area contributed by atoms with Gasteiger partial charge in [-0.2, -0.15) is 9.28 Å². The predicted octanol–water partition coefficient (Wildman–Crippen LogP) is 4.54. The van der Waals surface area contributed by atoms with E-state index in [1.807, 2.05) is 45.0 Å². The van der Waals surface area contributed by atoms with Gasteiger partial charge in [0.15, 0.2) is 11.7 Å². The van der Waals surface area contributed by atoms with Crippen LogP contribution in [0.25, 0.3) is 10.8 Å². The van der Waals surface area contributed by atoms with Gasteiger partial charge in [-0.1, -0.05) is 35.9 Å². The fraction of sp³-hybridized carbons (Fsp3) is 0.389. The minimum atomic E-state index is -0.587. The molecule has 2 aromatic carbocycles. The standard InChI is InChI=1S/C18H20ClNO3/c1-18(2,3)23-17(22)20(11-19)9-8-13-12-6-4-5-7-14(12)16(21)10-15(13)20/h4-7,10H,8-9,11H2,1-3H3/p+1/t20-/m1/s1. The molecule has 3 rings (SSSR count). The summed E-state index contributed by atoms with van der Waals surface area (Å²) in [5, 5.41) is 12.1. The number of aromatic hydroxyl groups is 1. The number of carbonyl (C=O) groups is 1. The third kappa shape index (κ3) is 2.56. The van der Waals surface area contributed by atoms with E-state index in [1.54, 1.807) is 6.07 Å². The fourth-order valence-corrected chi connectivity index (χ4v) is 3.53. The molecule has 4 nitrogen and oxygen atoms in total. The number of rotatable bonds is 1. The average molecular weight is 335 g/mol. The Morgan fingerprint density at radius 1 is 1.30 bits per heavy atom. The quantitative estimate of drug-likeness (QED) is 0.473. The van der Waals surface area contributed by atoms with E-state index < -0.39 is 5.60 Å². The van der Waals surface area contributed by atoms with Crippen LogP contribution in [-0.2, 0) is 11.2 Å². The molecule has 0 aliphatic carbocycles. The Balaban J connectivity index is 2.18. The van der Waals surface area contributed by atoms with E-state index in [0.29, 0.717) is 6.54 Å². The molecule has 23 heavy (non-hydrogen) atoms. The first kappa shape index (κ1) is 16.1. The zero-order valence-corrected chi connectivity index (χ0v) is 14.4. The Bertz CT molecular complexity index is 782. The zero-order valence-electron chi connectivity index (χ0n) is 13.6. The molecule has 0 spiro atoms. The molecule has 0 radical (unpaired) electrons. The van der Waals surface area contributed by atoms with Crippen LogP contribution in [0.15, 0.2) is 30.3 Å². The summed E-state index contributed by atoms with van der Waals surface area (Å²) in [7, 11) is 0. The van der Waals surface area contributed by atoms with Gasteiger partial charge in [0.2, 0.25) is 0 Å². The highest BCUT2D eigenvalue weighted by Crippen LogP contribution is 2.44. The number of amides is 1. The van der Waals surface area contributed by atoms with Crippen LogP contribution in [0.1, 0.15) is 26.3 Å². The number of fused-ring (bicyclic) bond motifs is 3. The molecule has 1 N–H and O–H groups in total. The van der Waals surface area contributed by atoms with Crippen LogP contribution in [0, 0.1) is 0 Å². The summed E-state index contributed by atoms with van der Waals surface area (Å²) in [5.74, 6) is 0.164. The van der Waals surface area contributed by atoms with Gasteiger partial charge in [0, 0.05) is 23.4 Å². The van der Waals surface area contributed by atoms with Gasteiger partial charge in [0.25, 0.3) is 0 Å². The van der Waals surface area contributed by atoms with Gasteiger partial charge in [-0.05, 0) is 26.2 Å². The molecule has 1 amide bonds. The molecule has 0 bridgehead atoms. The lowest BCUT2D eigenvalue weighted by Crippen LogP contribution is -2.54. The van der Waals surface area contributed by atoms with Crippen molar-refractivity contribution in [2.24, 2.45) is 0 Å². The highest BCUT2D eigenvalue weighted by atomic mass is 35.5. The van der Waals surface area contributed by atoms with Crippen molar-refractivity contribution in [1.29, 1.82) is 0 Å². The van der Waals surface area contributed by atoms with E-state index in [9.17, 15) is 9.90 Å². The van der Waals surface area contributed by atoms with Crippen molar-refractivity contribution >= 4 is 34.2 Å². The lowest BCUT2D eigenvalue weighted by atomic mass is 10.0. The predicted molar refractivity (Wildman–Crippen MR) is 92.9 cm³/mol. The molecule has 1 aliphatic rings. The topological polar surface area (TPSA) is 46.5 Å². The Morgan fingerprint density at radius 2 is 1.96 bits per heavy atom. The lowest BCUT2D eigenvalue weighted by Gasteiger charge is -2.31. The van der Waals surface area contributed by atoms with Crippen molar-refractivity contribution in [2.75, 3.05) is 12.5 Å². The molecule has 2 aromatic rings. The van der Waals surface area contributed by atoms with Crippen molar-refractivity contribution in [3.05, 3.63) is 35.9 Å². The van der Waals surface area contributed by atoms with E-state index in [-0.39, 0.29) is 22.3 Å². The highest BCUT2D eigenvalue weighted by molar-refractivity contribution is 6.20. The number of phenols is 1. The van der Waals surface area contributed by atoms with Crippen LogP contribution < -0.4 is 4.48 Å². The van der Waals surface area contributed by atoms with Gasteiger partial charge in [-0.15, -0.1) is 0 Å². The number of carbonyl (C=O) groups excluding carboxylic acids is 1. The minimum absolute atomic E-state index is 0.0830. The average Bonchev–Trinajstić information content (AvgIpc) is 2.86. The molecule has 0 saturated carbocycles. The molecule has 0 fully saturated rings. The van der Waals surface area contributed by atoms with Crippen molar-refractivity contribution in [2.45, 2.75) is 32.8 Å². The summed E-state index contributed by atoms with van der Waals surface area (Å²) in [6.07, 6.45) is 0.350. The maximum Gasteiger partial charge on any atom is 0.522 e. The van der Waals surface area contributed by atoms with Gasteiger partial charge in [-0.25, -0.2) is 0 Å². The van der Waals surface area contributed by atoms with Gasteiger partial charge in [0.1, 0.15) is 11.4 Å². The molecule has 1 atom stereocenters. The third-order valence-corrected chi connectivity index (χ3v) is 4.67. The molecule has 1 heterocycles. The summed E-state index contributed by atoms with van der Waals surface area (Å²) in [6, 6.07) is 9.42. The first-order valence-electron chi connectivity index (χ1n) is 7.69.